The van der Waals surface area contributed by atoms with E-state index in [0.29, 0.717) is 28.9 Å². The Morgan fingerprint density at radius 1 is 0.510 bits per heavy atom. The molecular formula is C107H161F3N2O32SSi2. The number of allylic oxidation sites excluding steroid dienone is 2. The van der Waals surface area contributed by atoms with Crippen LogP contribution >= 0.6 is 0 Å². The zero-order chi connectivity index (χ0) is 112. The number of aliphatic hydroxyl groups is 3. The number of benzene rings is 2. The number of hydrogen-bond acceptors (Lipinski definition) is 32. The molecule has 8 aliphatic rings. The predicted molar refractivity (Wildman–Crippen MR) is 541 cm³/mol. The molecule has 826 valence electrons. The smallest absolute Gasteiger partial charge is 0.497 e. The van der Waals surface area contributed by atoms with Gasteiger partial charge < -0.3 is 101 Å². The topological polar surface area (TPSA) is 446 Å². The molecule has 147 heavy (non-hydrogen) atoms. The lowest BCUT2D eigenvalue weighted by Gasteiger charge is -2.68. The number of fused-ring (bicyclic) bond motifs is 10. The van der Waals surface area contributed by atoms with E-state index in [4.69, 9.17) is 79.4 Å². The molecule has 2 aliphatic heterocycles. The number of ether oxygens (including phenoxy) is 14. The SMILES string of the molecule is COc1ccc(OC)c(C(=O)O[C@H]2[C@@H]3[C@]4(OC(C)=O)CO[C@@H]4C[C@H](C)[C@@]3(C)C(=O)[C@H](C)C3=C(C)[C@@H](OC(=O)[C@H](O[Si](C(C)C)(C(C)C)C(C)C)[C@H](C=C(C)C)NC(=O)OC(C)(C)C)C[C@]2(O)C3(C)C)c1.COc1ccc(OC)c(C(=O)O[C@H]2[C@@H]3[C@]4(OC(C)=O)CO[C@@H]4C[C@H](OS(=O)(=O)C(F)(F)F)[C@@]3(C)C(=O)[C@H](O)C3=C(C)[C@@H](OC(=O)[C@H](O[Si](C(C)C)(C(C)C)C(C)C)[C@H](C=C(C)C)NC(=O)OC(C)(C)C)C[C@]2(O)C3(C)C)c1. The van der Waals surface area contributed by atoms with Gasteiger partial charge in [-0.1, -0.05) is 155 Å². The molecule has 4 saturated carbocycles. The van der Waals surface area contributed by atoms with Crippen molar-refractivity contribution in [1.82, 2.24) is 10.6 Å². The van der Waals surface area contributed by atoms with Gasteiger partial charge in [0.25, 0.3) is 0 Å². The second-order valence-corrected chi connectivity index (χ2v) is 59.2. The maximum Gasteiger partial charge on any atom is 0.523 e. The Hall–Kier alpha value is -8.85. The summed E-state index contributed by atoms with van der Waals surface area (Å²) in [5.41, 5.74) is -22.6. The molecule has 22 atom stereocenters. The van der Waals surface area contributed by atoms with Gasteiger partial charge in [-0.2, -0.15) is 21.6 Å². The molecule has 6 fully saturated rings. The minimum atomic E-state index is -6.58. The largest absolute Gasteiger partial charge is 0.523 e. The molecule has 4 bridgehead atoms. The van der Waals surface area contributed by atoms with E-state index < -0.39 is 258 Å². The van der Waals surface area contributed by atoms with Crippen LogP contribution in [0, 0.1) is 45.3 Å². The lowest BCUT2D eigenvalue weighted by molar-refractivity contribution is -0.344. The highest BCUT2D eigenvalue weighted by Gasteiger charge is 2.81. The van der Waals surface area contributed by atoms with Gasteiger partial charge in [0, 0.05) is 55.3 Å². The quantitative estimate of drug-likeness (QED) is 0.0113. The molecule has 2 heterocycles. The first-order chi connectivity index (χ1) is 67.3. The number of nitrogens with one attached hydrogen (secondary N) is 2. The average molecular weight is 2130 g/mol. The Balaban J connectivity index is 0.000000328. The summed E-state index contributed by atoms with van der Waals surface area (Å²) >= 11 is 0. The Bertz CT molecular complexity index is 5490. The van der Waals surface area contributed by atoms with Gasteiger partial charge in [0.15, 0.2) is 29.2 Å². The summed E-state index contributed by atoms with van der Waals surface area (Å²) in [5, 5.41) is 46.7. The number of aliphatic hydroxyl groups excluding tert-OH is 1. The van der Waals surface area contributed by atoms with Gasteiger partial charge in [-0.25, -0.2) is 28.8 Å². The Morgan fingerprint density at radius 2 is 0.857 bits per heavy atom. The zero-order valence-corrected chi connectivity index (χ0v) is 95.6. The molecular weight excluding hydrogens is 1970 g/mol. The fraction of sp³-hybridized carbons (Fsp3) is 0.720. The zero-order valence-electron chi connectivity index (χ0n) is 92.8. The van der Waals surface area contributed by atoms with Gasteiger partial charge in [-0.3, -0.25) is 23.4 Å². The molecule has 0 radical (unpaired) electrons. The number of methoxy groups -OCH3 is 4. The maximum absolute atomic E-state index is 15.8. The van der Waals surface area contributed by atoms with Crippen molar-refractivity contribution in [3.63, 3.8) is 0 Å². The summed E-state index contributed by atoms with van der Waals surface area (Å²) in [6.45, 7) is 59.4. The first-order valence-corrected chi connectivity index (χ1v) is 56.2. The van der Waals surface area contributed by atoms with Crippen LogP contribution in [0.4, 0.5) is 22.8 Å². The maximum atomic E-state index is 15.8. The molecule has 2 aromatic carbocycles. The lowest BCUT2D eigenvalue weighted by atomic mass is 9.42. The molecule has 5 N–H and O–H groups in total. The molecule has 0 aromatic heterocycles. The van der Waals surface area contributed by atoms with E-state index in [1.165, 1.54) is 80.4 Å². The Morgan fingerprint density at radius 3 is 1.17 bits per heavy atom. The van der Waals surface area contributed by atoms with Crippen LogP contribution in [0.2, 0.25) is 33.2 Å². The van der Waals surface area contributed by atoms with E-state index in [1.54, 1.807) is 107 Å². The van der Waals surface area contributed by atoms with Crippen LogP contribution in [0.3, 0.4) is 0 Å². The third-order valence-electron chi connectivity index (χ3n) is 32.4. The van der Waals surface area contributed by atoms with Gasteiger partial charge in [-0.15, -0.1) is 0 Å². The van der Waals surface area contributed by atoms with Crippen LogP contribution in [-0.4, -0.2) is 254 Å². The van der Waals surface area contributed by atoms with E-state index in [1.807, 2.05) is 69.2 Å². The third kappa shape index (κ3) is 22.6. The molecule has 10 rings (SSSR count). The minimum Gasteiger partial charge on any atom is -0.497 e. The van der Waals surface area contributed by atoms with E-state index in [9.17, 15) is 56.1 Å². The van der Waals surface area contributed by atoms with E-state index in [0.717, 1.165) is 19.4 Å². The first kappa shape index (κ1) is 122. The van der Waals surface area contributed by atoms with Crippen LogP contribution < -0.4 is 29.6 Å². The van der Waals surface area contributed by atoms with Crippen molar-refractivity contribution in [2.45, 2.75) is 407 Å². The summed E-state index contributed by atoms with van der Waals surface area (Å²) in [7, 11) is -7.25. The van der Waals surface area contributed by atoms with Crippen LogP contribution in [0.15, 0.2) is 82.0 Å². The molecule has 0 unspecified atom stereocenters. The van der Waals surface area contributed by atoms with Crippen LogP contribution in [0.25, 0.3) is 0 Å². The molecule has 2 amide bonds. The number of amides is 2. The van der Waals surface area contributed by atoms with Crippen LogP contribution in [-0.2, 0) is 99.3 Å². The Kier molecular flexibility index (Phi) is 36.5. The summed E-state index contributed by atoms with van der Waals surface area (Å²) in [6, 6.07) is 6.36. The molecule has 2 aromatic rings. The number of Topliss-reactive ketones (excluding diaryl/α,β-unsaturated/α-hetero) is 2. The molecule has 2 saturated heterocycles. The predicted octanol–water partition coefficient (Wildman–Crippen LogP) is 17.6. The fourth-order valence-corrected chi connectivity index (χ4v) is 37.4. The van der Waals surface area contributed by atoms with Crippen molar-refractivity contribution in [3.8, 4) is 23.0 Å². The summed E-state index contributed by atoms with van der Waals surface area (Å²) < 4.78 is 173. The van der Waals surface area contributed by atoms with Crippen LogP contribution in [0.1, 0.15) is 282 Å². The number of ketones is 2. The van der Waals surface area contributed by atoms with Crippen molar-refractivity contribution >= 4 is 86.3 Å². The van der Waals surface area contributed by atoms with Crippen molar-refractivity contribution in [2.24, 2.45) is 45.3 Å². The second kappa shape index (κ2) is 44.1. The van der Waals surface area contributed by atoms with Gasteiger partial charge >= 0.3 is 63.6 Å². The lowest BCUT2D eigenvalue weighted by Crippen LogP contribution is -2.82. The van der Waals surface area contributed by atoms with Crippen molar-refractivity contribution in [2.75, 3.05) is 41.7 Å². The highest BCUT2D eigenvalue weighted by molar-refractivity contribution is 7.87. The van der Waals surface area contributed by atoms with Gasteiger partial charge in [0.2, 0.25) is 16.6 Å². The van der Waals surface area contributed by atoms with E-state index in [2.05, 4.69) is 52.2 Å². The molecule has 0 spiro atoms. The number of hydrogen-bond donors (Lipinski definition) is 5. The third-order valence-corrected chi connectivity index (χ3v) is 45.6. The Labute approximate surface area is 866 Å². The molecule has 34 nitrogen and oxygen atoms in total. The van der Waals surface area contributed by atoms with Crippen molar-refractivity contribution in [1.29, 1.82) is 0 Å². The van der Waals surface area contributed by atoms with Gasteiger partial charge in [0.05, 0.1) is 77.1 Å². The molecule has 40 heteroatoms. The van der Waals surface area contributed by atoms with Gasteiger partial charge in [0.1, 0.15) is 105 Å². The van der Waals surface area contributed by atoms with Crippen molar-refractivity contribution in [3.05, 3.63) is 93.1 Å². The number of carbonyl (C=O) groups excluding carboxylic acids is 10. The highest BCUT2D eigenvalue weighted by Crippen LogP contribution is 2.69. The minimum absolute atomic E-state index is 0.0138. The number of halogens is 3. The monoisotopic (exact) mass is 2130 g/mol. The average Bonchev–Trinajstić information content (AvgIpc) is 0.670. The number of alkyl halides is 3. The summed E-state index contributed by atoms with van der Waals surface area (Å²) in [6.07, 6.45) is -16.9. The number of rotatable bonds is 32. The van der Waals surface area contributed by atoms with Gasteiger partial charge in [-0.05, 0) is 194 Å². The second-order valence-electron chi connectivity index (χ2n) is 46.8. The normalized spacial score (nSPS) is 29.7. The molecule has 6 aliphatic carbocycles. The number of alkyl carbamates (subject to hydrolysis) is 2. The highest BCUT2D eigenvalue weighted by atomic mass is 32.2. The standard InChI is InChI=1S/C54H83NO14Si.C53H78F3NO18SSi/c1-28(2)23-38(55-49(60)68-50(13,14)15)43(69-70(29(3)4,30(5)6)31(7)8)48(59)65-40-26-54(61)46(66-47(58)37-25-36(62-19)21-22-39(37)63-20)44-52(18,45(57)34(11)42(33(40)10)51(54,16)17)32(9)24-41-53(44,27-64-41)67-35(12)56;1-26(2)21-34(57-47(63)73-48(11,12)13)41(75-77(27(3)4,28(5)6)29(7)8)46(62)70-36-24-52(64)44(71-45(61)33-22-32(67-17)19-20-35(33)68-18)42-50(16,43(60)40(59)39(30(36)9)49(52,14)15)37(74-76(65,66)53(54,55)56)23-38-51(42,25-69-38)72-31(10)58/h21-23,25,29-32,34,38,40-41,43-44,46,61H,24,26-27H2,1-20H3,(H,55,60);19-22,27-29,34,36-38,40-42,44,59,64H,23-25H2,1-18H3,(H,57,63)/t32-,34+,38-,40-,41+,43+,44-,46-,52+,53-,54+;34-,36-,37-,38+,40+,41+,42-,44-,50+,51-,52+/m00/s1. The van der Waals surface area contributed by atoms with Crippen LogP contribution in [0.5, 0.6) is 23.0 Å². The summed E-state index contributed by atoms with van der Waals surface area (Å²) in [5.74, 6) is -11.4. The fourth-order valence-electron chi connectivity index (χ4n) is 25.7. The van der Waals surface area contributed by atoms with E-state index >= 15 is 28.8 Å². The summed E-state index contributed by atoms with van der Waals surface area (Å²) in [4.78, 5) is 147. The number of carbonyl (C=O) groups is 10. The van der Waals surface area contributed by atoms with E-state index in [-0.39, 0.29) is 91.6 Å². The first-order valence-electron chi connectivity index (χ1n) is 50.5. The number of esters is 6. The van der Waals surface area contributed by atoms with Crippen molar-refractivity contribution < 1.29 is 164 Å².